The Kier molecular flexibility index (Phi) is 4.59. The molecule has 0 spiro atoms. The topological polar surface area (TPSA) is 69.0 Å². The number of pyridine rings is 1. The number of nitrogens with one attached hydrogen (secondary N) is 1. The van der Waals surface area contributed by atoms with Crippen LogP contribution in [0.2, 0.25) is 0 Å². The molecule has 0 bridgehead atoms. The molecule has 2 aromatic rings. The number of hydrogen-bond donors (Lipinski definition) is 1. The number of carbonyl (C=O) groups is 1. The van der Waals surface area contributed by atoms with Gasteiger partial charge >= 0.3 is 5.97 Å². The van der Waals surface area contributed by atoms with Crippen LogP contribution in [-0.4, -0.2) is 34.4 Å². The number of aryl methyl sites for hydroxylation is 1. The van der Waals surface area contributed by atoms with E-state index < -0.39 is 0 Å². The molecular formula is C14H17ClN4O2. The quantitative estimate of drug-likeness (QED) is 0.848. The third-order valence-corrected chi connectivity index (χ3v) is 3.51. The normalized spacial score (nSPS) is 13.2. The van der Waals surface area contributed by atoms with Crippen molar-refractivity contribution in [1.82, 2.24) is 20.1 Å². The maximum atomic E-state index is 12.2. The molecule has 1 aliphatic rings. The van der Waals surface area contributed by atoms with Crippen LogP contribution >= 0.6 is 12.4 Å². The average Bonchev–Trinajstić information content (AvgIpc) is 2.91. The monoisotopic (exact) mass is 308 g/mol. The molecule has 6 nitrogen and oxygen atoms in total. The molecule has 0 saturated heterocycles. The van der Waals surface area contributed by atoms with Gasteiger partial charge in [-0.1, -0.05) is 0 Å². The molecule has 112 valence electrons. The summed E-state index contributed by atoms with van der Waals surface area (Å²) in [4.78, 5) is 16.6. The molecule has 2 aromatic heterocycles. The number of methoxy groups -OCH3 is 1. The van der Waals surface area contributed by atoms with Gasteiger partial charge in [-0.25, -0.2) is 4.79 Å². The van der Waals surface area contributed by atoms with Gasteiger partial charge in [-0.15, -0.1) is 12.4 Å². The van der Waals surface area contributed by atoms with Gasteiger partial charge in [0.15, 0.2) is 0 Å². The van der Waals surface area contributed by atoms with Gasteiger partial charge in [0.05, 0.1) is 24.6 Å². The summed E-state index contributed by atoms with van der Waals surface area (Å²) in [6, 6.07) is 0. The summed E-state index contributed by atoms with van der Waals surface area (Å²) in [6.45, 7) is 1.59. The average molecular weight is 309 g/mol. The first kappa shape index (κ1) is 15.5. The van der Waals surface area contributed by atoms with Crippen LogP contribution in [0.3, 0.4) is 0 Å². The standard InChI is InChI=1S/C14H16N4O2.ClH/c1-18-8-10(7-17-18)13-12(14(19)20-2)11-3-4-15-5-9(11)6-16-13;/h6-8,15H,3-5H2,1-2H3;1H. The fourth-order valence-electron chi connectivity index (χ4n) is 2.55. The molecule has 3 heterocycles. The highest BCUT2D eigenvalue weighted by Gasteiger charge is 2.24. The fraction of sp³-hybridized carbons (Fsp3) is 0.357. The van der Waals surface area contributed by atoms with Crippen molar-refractivity contribution in [2.24, 2.45) is 7.05 Å². The van der Waals surface area contributed by atoms with Crippen LogP contribution in [0.1, 0.15) is 21.5 Å². The van der Waals surface area contributed by atoms with Crippen molar-refractivity contribution in [3.05, 3.63) is 35.3 Å². The van der Waals surface area contributed by atoms with Crippen LogP contribution < -0.4 is 5.32 Å². The van der Waals surface area contributed by atoms with Gasteiger partial charge in [0.1, 0.15) is 0 Å². The first-order valence-corrected chi connectivity index (χ1v) is 6.49. The molecular weight excluding hydrogens is 292 g/mol. The van der Waals surface area contributed by atoms with Crippen molar-refractivity contribution >= 4 is 18.4 Å². The molecule has 0 aliphatic carbocycles. The van der Waals surface area contributed by atoms with Crippen LogP contribution in [0, 0.1) is 0 Å². The van der Waals surface area contributed by atoms with E-state index in [4.69, 9.17) is 4.74 Å². The van der Waals surface area contributed by atoms with Crippen LogP contribution in [0.5, 0.6) is 0 Å². The minimum atomic E-state index is -0.338. The molecule has 0 fully saturated rings. The SMILES string of the molecule is COC(=O)c1c(-c2cnn(C)c2)ncc2c1CCNC2.Cl. The Labute approximate surface area is 128 Å². The summed E-state index contributed by atoms with van der Waals surface area (Å²) in [5.74, 6) is -0.338. The van der Waals surface area contributed by atoms with Crippen molar-refractivity contribution in [1.29, 1.82) is 0 Å². The van der Waals surface area contributed by atoms with Crippen molar-refractivity contribution in [2.45, 2.75) is 13.0 Å². The lowest BCUT2D eigenvalue weighted by molar-refractivity contribution is 0.0599. The number of aromatic nitrogens is 3. The first-order chi connectivity index (χ1) is 9.70. The predicted molar refractivity (Wildman–Crippen MR) is 80.4 cm³/mol. The van der Waals surface area contributed by atoms with E-state index in [0.717, 1.165) is 36.2 Å². The summed E-state index contributed by atoms with van der Waals surface area (Å²) >= 11 is 0. The van der Waals surface area contributed by atoms with Gasteiger partial charge in [0, 0.05) is 31.5 Å². The summed E-state index contributed by atoms with van der Waals surface area (Å²) in [5, 5.41) is 7.42. The first-order valence-electron chi connectivity index (χ1n) is 6.49. The summed E-state index contributed by atoms with van der Waals surface area (Å²) < 4.78 is 6.64. The van der Waals surface area contributed by atoms with Gasteiger partial charge in [-0.3, -0.25) is 9.67 Å². The maximum absolute atomic E-state index is 12.2. The molecule has 0 unspecified atom stereocenters. The van der Waals surface area contributed by atoms with Crippen LogP contribution in [-0.2, 0) is 24.8 Å². The summed E-state index contributed by atoms with van der Waals surface area (Å²) in [7, 11) is 3.24. The van der Waals surface area contributed by atoms with E-state index in [1.54, 1.807) is 10.9 Å². The molecule has 7 heteroatoms. The highest BCUT2D eigenvalue weighted by molar-refractivity contribution is 5.98. The Morgan fingerprint density at radius 2 is 2.24 bits per heavy atom. The van der Waals surface area contributed by atoms with E-state index in [9.17, 15) is 4.79 Å². The summed E-state index contributed by atoms with van der Waals surface area (Å²) in [6.07, 6.45) is 6.19. The van der Waals surface area contributed by atoms with Crippen LogP contribution in [0.4, 0.5) is 0 Å². The fourth-order valence-corrected chi connectivity index (χ4v) is 2.55. The van der Waals surface area contributed by atoms with Crippen molar-refractivity contribution < 1.29 is 9.53 Å². The Balaban J connectivity index is 0.00000161. The molecule has 0 aromatic carbocycles. The second kappa shape index (κ2) is 6.24. The molecule has 1 N–H and O–H groups in total. The van der Waals surface area contributed by atoms with Gasteiger partial charge in [0.25, 0.3) is 0 Å². The zero-order valence-corrected chi connectivity index (χ0v) is 12.7. The number of rotatable bonds is 2. The minimum Gasteiger partial charge on any atom is -0.465 e. The van der Waals surface area contributed by atoms with Crippen molar-refractivity contribution in [2.75, 3.05) is 13.7 Å². The van der Waals surface area contributed by atoms with Crippen molar-refractivity contribution in [3.63, 3.8) is 0 Å². The Morgan fingerprint density at radius 1 is 1.43 bits per heavy atom. The lowest BCUT2D eigenvalue weighted by atomic mass is 9.94. The number of esters is 1. The lowest BCUT2D eigenvalue weighted by Gasteiger charge is -2.20. The predicted octanol–water partition coefficient (Wildman–Crippen LogP) is 1.34. The number of nitrogens with zero attached hydrogens (tertiary/aromatic N) is 3. The van der Waals surface area contributed by atoms with E-state index in [1.165, 1.54) is 7.11 Å². The Bertz CT molecular complexity index is 669. The zero-order chi connectivity index (χ0) is 14.1. The molecule has 0 radical (unpaired) electrons. The van der Waals surface area contributed by atoms with E-state index in [0.29, 0.717) is 11.3 Å². The highest BCUT2D eigenvalue weighted by Crippen LogP contribution is 2.28. The van der Waals surface area contributed by atoms with E-state index in [1.807, 2.05) is 19.4 Å². The van der Waals surface area contributed by atoms with E-state index >= 15 is 0 Å². The third kappa shape index (κ3) is 2.77. The van der Waals surface area contributed by atoms with Gasteiger partial charge in [-0.2, -0.15) is 5.10 Å². The molecule has 0 amide bonds. The zero-order valence-electron chi connectivity index (χ0n) is 11.9. The molecule has 0 saturated carbocycles. The smallest absolute Gasteiger partial charge is 0.340 e. The number of halogens is 1. The number of fused-ring (bicyclic) bond motifs is 1. The van der Waals surface area contributed by atoms with Crippen LogP contribution in [0.15, 0.2) is 18.6 Å². The van der Waals surface area contributed by atoms with Gasteiger partial charge in [-0.05, 0) is 24.1 Å². The molecule has 3 rings (SSSR count). The molecule has 1 aliphatic heterocycles. The minimum absolute atomic E-state index is 0. The van der Waals surface area contributed by atoms with Crippen molar-refractivity contribution in [3.8, 4) is 11.3 Å². The van der Waals surface area contributed by atoms with Gasteiger partial charge in [0.2, 0.25) is 0 Å². The lowest BCUT2D eigenvalue weighted by Crippen LogP contribution is -2.26. The second-order valence-electron chi connectivity index (χ2n) is 4.81. The number of ether oxygens (including phenoxy) is 1. The van der Waals surface area contributed by atoms with E-state index in [-0.39, 0.29) is 18.4 Å². The second-order valence-corrected chi connectivity index (χ2v) is 4.81. The highest BCUT2D eigenvalue weighted by atomic mass is 35.5. The number of hydrogen-bond acceptors (Lipinski definition) is 5. The van der Waals surface area contributed by atoms with E-state index in [2.05, 4.69) is 15.4 Å². The Morgan fingerprint density at radius 3 is 2.90 bits per heavy atom. The third-order valence-electron chi connectivity index (χ3n) is 3.51. The largest absolute Gasteiger partial charge is 0.465 e. The van der Waals surface area contributed by atoms with Crippen LogP contribution in [0.25, 0.3) is 11.3 Å². The maximum Gasteiger partial charge on any atom is 0.340 e. The molecule has 0 atom stereocenters. The summed E-state index contributed by atoms with van der Waals surface area (Å²) in [5.41, 5.74) is 4.13. The Hall–Kier alpha value is -1.92. The van der Waals surface area contributed by atoms with Gasteiger partial charge < -0.3 is 10.1 Å². The molecule has 21 heavy (non-hydrogen) atoms. The number of carbonyl (C=O) groups excluding carboxylic acids is 1.